The first-order chi connectivity index (χ1) is 9.68. The van der Waals surface area contributed by atoms with E-state index in [1.807, 2.05) is 21.6 Å². The van der Waals surface area contributed by atoms with E-state index in [4.69, 9.17) is 9.84 Å². The Bertz CT molecular complexity index is 296. The highest BCUT2D eigenvalue weighted by atomic mass is 33.1. The molecule has 0 aromatic heterocycles. The number of aliphatic carboxylic acids is 1. The molecule has 5 nitrogen and oxygen atoms in total. The van der Waals surface area contributed by atoms with Gasteiger partial charge >= 0.3 is 5.97 Å². The lowest BCUT2D eigenvalue weighted by atomic mass is 10.1. The van der Waals surface area contributed by atoms with Gasteiger partial charge in [-0.05, 0) is 19.3 Å². The molecule has 2 N–H and O–H groups in total. The van der Waals surface area contributed by atoms with Crippen LogP contribution in [0, 0.1) is 0 Å². The molecule has 0 spiro atoms. The van der Waals surface area contributed by atoms with Crippen molar-refractivity contribution in [2.45, 2.75) is 43.8 Å². The van der Waals surface area contributed by atoms with E-state index in [2.05, 4.69) is 5.32 Å². The zero-order valence-electron chi connectivity index (χ0n) is 11.6. The van der Waals surface area contributed by atoms with Crippen LogP contribution in [0.5, 0.6) is 0 Å². The van der Waals surface area contributed by atoms with Crippen molar-refractivity contribution >= 4 is 33.5 Å². The minimum atomic E-state index is -0.868. The van der Waals surface area contributed by atoms with Crippen LogP contribution in [0.2, 0.25) is 0 Å². The van der Waals surface area contributed by atoms with Gasteiger partial charge < -0.3 is 15.2 Å². The molecule has 1 saturated heterocycles. The predicted molar refractivity (Wildman–Crippen MR) is 83.0 cm³/mol. The zero-order chi connectivity index (χ0) is 14.6. The minimum absolute atomic E-state index is 0.00537. The van der Waals surface area contributed by atoms with Gasteiger partial charge in [0.2, 0.25) is 5.91 Å². The third kappa shape index (κ3) is 9.50. The van der Waals surface area contributed by atoms with Gasteiger partial charge in [-0.1, -0.05) is 28.0 Å². The highest BCUT2D eigenvalue weighted by Gasteiger charge is 2.15. The largest absolute Gasteiger partial charge is 0.481 e. The van der Waals surface area contributed by atoms with Gasteiger partial charge in [0.25, 0.3) is 0 Å². The fourth-order valence-electron chi connectivity index (χ4n) is 1.83. The normalized spacial score (nSPS) is 18.1. The molecule has 1 fully saturated rings. The molecular formula is C13H23NO4S2. The maximum Gasteiger partial charge on any atom is 0.305 e. The number of carbonyl (C=O) groups is 2. The highest BCUT2D eigenvalue weighted by Crippen LogP contribution is 2.39. The minimum Gasteiger partial charge on any atom is -0.481 e. The van der Waals surface area contributed by atoms with Gasteiger partial charge in [0.1, 0.15) is 0 Å². The molecule has 1 atom stereocenters. The summed E-state index contributed by atoms with van der Waals surface area (Å²) in [6.45, 7) is 1.02. The van der Waals surface area contributed by atoms with Gasteiger partial charge in [0, 0.05) is 24.0 Å². The van der Waals surface area contributed by atoms with Crippen molar-refractivity contribution in [2.24, 2.45) is 0 Å². The summed E-state index contributed by atoms with van der Waals surface area (Å²) in [6, 6.07) is 0. The number of nitrogens with one attached hydrogen (secondary N) is 1. The molecule has 1 unspecified atom stereocenters. The summed E-state index contributed by atoms with van der Waals surface area (Å²) in [5.41, 5.74) is 0. The molecular weight excluding hydrogens is 298 g/mol. The second-order valence-electron chi connectivity index (χ2n) is 4.68. The SMILES string of the molecule is O=C(O)CCOCCNC(=O)CCCCC1CCSS1. The van der Waals surface area contributed by atoms with Crippen molar-refractivity contribution in [1.82, 2.24) is 5.32 Å². The number of hydrogen-bond donors (Lipinski definition) is 2. The molecule has 20 heavy (non-hydrogen) atoms. The smallest absolute Gasteiger partial charge is 0.305 e. The van der Waals surface area contributed by atoms with Crippen molar-refractivity contribution in [2.75, 3.05) is 25.5 Å². The monoisotopic (exact) mass is 321 g/mol. The Morgan fingerprint density at radius 2 is 2.10 bits per heavy atom. The Labute approximate surface area is 128 Å². The predicted octanol–water partition coefficient (Wildman–Crippen LogP) is 2.31. The van der Waals surface area contributed by atoms with Crippen LogP contribution < -0.4 is 5.32 Å². The first-order valence-electron chi connectivity index (χ1n) is 7.03. The van der Waals surface area contributed by atoms with Gasteiger partial charge in [-0.2, -0.15) is 0 Å². The molecule has 0 aromatic carbocycles. The van der Waals surface area contributed by atoms with Crippen LogP contribution in [0.4, 0.5) is 0 Å². The number of carboxylic acid groups (broad SMARTS) is 1. The van der Waals surface area contributed by atoms with Crippen LogP contribution in [0.3, 0.4) is 0 Å². The molecule has 1 aliphatic heterocycles. The lowest BCUT2D eigenvalue weighted by Gasteiger charge is -2.07. The lowest BCUT2D eigenvalue weighted by molar-refractivity contribution is -0.138. The third-order valence-electron chi connectivity index (χ3n) is 2.94. The van der Waals surface area contributed by atoms with Crippen molar-refractivity contribution < 1.29 is 19.4 Å². The average Bonchev–Trinajstić information content (AvgIpc) is 2.91. The van der Waals surface area contributed by atoms with E-state index in [9.17, 15) is 9.59 Å². The van der Waals surface area contributed by atoms with Gasteiger partial charge in [-0.3, -0.25) is 9.59 Å². The summed E-state index contributed by atoms with van der Waals surface area (Å²) in [5.74, 6) is 0.450. The average molecular weight is 321 g/mol. The van der Waals surface area contributed by atoms with E-state index >= 15 is 0 Å². The Kier molecular flexibility index (Phi) is 9.96. The Morgan fingerprint density at radius 3 is 2.80 bits per heavy atom. The van der Waals surface area contributed by atoms with Gasteiger partial charge in [0.15, 0.2) is 0 Å². The number of carboxylic acids is 1. The summed E-state index contributed by atoms with van der Waals surface area (Å²) in [4.78, 5) is 21.7. The molecule has 0 saturated carbocycles. The molecule has 1 amide bonds. The van der Waals surface area contributed by atoms with E-state index in [0.29, 0.717) is 19.6 Å². The molecule has 1 aliphatic rings. The number of rotatable bonds is 11. The summed E-state index contributed by atoms with van der Waals surface area (Å²) in [7, 11) is 3.94. The summed E-state index contributed by atoms with van der Waals surface area (Å²) < 4.78 is 5.09. The molecule has 7 heteroatoms. The standard InChI is InChI=1S/C13H23NO4S2/c15-12(14-7-9-18-8-5-13(16)17)4-2-1-3-11-6-10-19-20-11/h11H,1-10H2,(H,14,15)(H,16,17). The number of unbranched alkanes of at least 4 members (excludes halogenated alkanes) is 1. The van der Waals surface area contributed by atoms with Crippen LogP contribution in [0.1, 0.15) is 38.5 Å². The van der Waals surface area contributed by atoms with Crippen LogP contribution in [0.25, 0.3) is 0 Å². The Balaban J connectivity index is 1.83. The van der Waals surface area contributed by atoms with Crippen molar-refractivity contribution in [3.05, 3.63) is 0 Å². The Morgan fingerprint density at radius 1 is 1.25 bits per heavy atom. The lowest BCUT2D eigenvalue weighted by Crippen LogP contribution is -2.27. The number of hydrogen-bond acceptors (Lipinski definition) is 5. The van der Waals surface area contributed by atoms with E-state index < -0.39 is 5.97 Å². The fourth-order valence-corrected chi connectivity index (χ4v) is 4.86. The fraction of sp³-hybridized carbons (Fsp3) is 0.846. The maximum atomic E-state index is 11.5. The number of carbonyl (C=O) groups excluding carboxylic acids is 1. The zero-order valence-corrected chi connectivity index (χ0v) is 13.3. The van der Waals surface area contributed by atoms with Crippen LogP contribution in [0.15, 0.2) is 0 Å². The molecule has 0 aromatic rings. The van der Waals surface area contributed by atoms with E-state index in [-0.39, 0.29) is 18.9 Å². The second kappa shape index (κ2) is 11.3. The van der Waals surface area contributed by atoms with Crippen molar-refractivity contribution in [3.63, 3.8) is 0 Å². The van der Waals surface area contributed by atoms with E-state index in [1.54, 1.807) is 0 Å². The molecule has 1 rings (SSSR count). The van der Waals surface area contributed by atoms with Crippen LogP contribution >= 0.6 is 21.6 Å². The third-order valence-corrected chi connectivity index (χ3v) is 5.94. The van der Waals surface area contributed by atoms with Gasteiger partial charge in [-0.25, -0.2) is 0 Å². The first-order valence-corrected chi connectivity index (χ1v) is 9.41. The summed E-state index contributed by atoms with van der Waals surface area (Å²) in [6.07, 6.45) is 5.14. The molecule has 116 valence electrons. The van der Waals surface area contributed by atoms with Crippen molar-refractivity contribution in [3.8, 4) is 0 Å². The highest BCUT2D eigenvalue weighted by molar-refractivity contribution is 8.77. The second-order valence-corrected chi connectivity index (χ2v) is 7.47. The van der Waals surface area contributed by atoms with Gasteiger partial charge in [-0.15, -0.1) is 0 Å². The summed E-state index contributed by atoms with van der Waals surface area (Å²) in [5, 5.41) is 12.0. The Hall–Kier alpha value is -0.400. The topological polar surface area (TPSA) is 75.6 Å². The number of ether oxygens (including phenoxy) is 1. The molecule has 0 aliphatic carbocycles. The van der Waals surface area contributed by atoms with Crippen LogP contribution in [-0.2, 0) is 14.3 Å². The molecule has 1 heterocycles. The van der Waals surface area contributed by atoms with Gasteiger partial charge in [0.05, 0.1) is 19.6 Å². The maximum absolute atomic E-state index is 11.5. The quantitative estimate of drug-likeness (QED) is 0.449. The van der Waals surface area contributed by atoms with E-state index in [1.165, 1.54) is 18.6 Å². The molecule has 0 radical (unpaired) electrons. The summed E-state index contributed by atoms with van der Waals surface area (Å²) >= 11 is 0. The number of amides is 1. The van der Waals surface area contributed by atoms with E-state index in [0.717, 1.165) is 18.1 Å². The van der Waals surface area contributed by atoms with Crippen LogP contribution in [-0.4, -0.2) is 47.7 Å². The van der Waals surface area contributed by atoms with Crippen molar-refractivity contribution in [1.29, 1.82) is 0 Å². The molecule has 0 bridgehead atoms. The first kappa shape index (κ1) is 17.7.